The second-order valence-corrected chi connectivity index (χ2v) is 13.9. The second kappa shape index (κ2) is 10.1. The summed E-state index contributed by atoms with van der Waals surface area (Å²) in [7, 11) is 0. The van der Waals surface area contributed by atoms with E-state index in [4.69, 9.17) is 24.4 Å². The van der Waals surface area contributed by atoms with Gasteiger partial charge in [-0.2, -0.15) is 0 Å². The van der Waals surface area contributed by atoms with Crippen LogP contribution in [-0.2, 0) is 5.41 Å². The maximum Gasteiger partial charge on any atom is 0.170 e. The number of benzene rings is 6. The summed E-state index contributed by atoms with van der Waals surface area (Å²) in [5.41, 5.74) is 7.54. The van der Waals surface area contributed by atoms with Crippen LogP contribution in [0, 0.1) is 0 Å². The van der Waals surface area contributed by atoms with Gasteiger partial charge < -0.3 is 9.47 Å². The molecule has 2 aromatic heterocycles. The lowest BCUT2D eigenvalue weighted by Crippen LogP contribution is -2.15. The molecule has 5 nitrogen and oxygen atoms in total. The third-order valence-electron chi connectivity index (χ3n) is 9.59. The van der Waals surface area contributed by atoms with E-state index in [9.17, 15) is 0 Å². The van der Waals surface area contributed by atoms with Crippen LogP contribution in [-0.4, -0.2) is 15.0 Å². The van der Waals surface area contributed by atoms with Gasteiger partial charge in [0.15, 0.2) is 40.5 Å². The highest BCUT2D eigenvalue weighted by atomic mass is 32.1. The van der Waals surface area contributed by atoms with E-state index in [-0.39, 0.29) is 5.41 Å². The van der Waals surface area contributed by atoms with E-state index in [0.29, 0.717) is 34.7 Å². The van der Waals surface area contributed by atoms with Crippen LogP contribution in [0.3, 0.4) is 0 Å². The lowest BCUT2D eigenvalue weighted by Gasteiger charge is -2.25. The average molecular weight is 638 g/mol. The molecule has 48 heavy (non-hydrogen) atoms. The maximum absolute atomic E-state index is 6.56. The monoisotopic (exact) mass is 637 g/mol. The summed E-state index contributed by atoms with van der Waals surface area (Å²) >= 11 is 1.78. The fourth-order valence-corrected chi connectivity index (χ4v) is 8.28. The molecule has 0 bridgehead atoms. The molecule has 0 atom stereocenters. The van der Waals surface area contributed by atoms with Crippen molar-refractivity contribution in [3.8, 4) is 68.3 Å². The van der Waals surface area contributed by atoms with Crippen LogP contribution < -0.4 is 9.47 Å². The zero-order valence-corrected chi connectivity index (χ0v) is 27.0. The summed E-state index contributed by atoms with van der Waals surface area (Å²) < 4.78 is 15.5. The number of aromatic nitrogens is 3. The van der Waals surface area contributed by atoms with E-state index >= 15 is 0 Å². The Morgan fingerprint density at radius 3 is 1.94 bits per heavy atom. The SMILES string of the molecule is CC1(C)c2ccccc2-c2cc3c(cc21)Oc1ccc(-c2nc(-c4ccccc4)nc(-c4ccc5c(c4)sc4ccccc45)n2)cc1O3. The highest BCUT2D eigenvalue weighted by molar-refractivity contribution is 7.25. The smallest absolute Gasteiger partial charge is 0.170 e. The Balaban J connectivity index is 1.07. The number of thiophene rings is 1. The van der Waals surface area contributed by atoms with Gasteiger partial charge in [0.2, 0.25) is 0 Å². The molecule has 6 heteroatoms. The van der Waals surface area contributed by atoms with Gasteiger partial charge in [-0.15, -0.1) is 11.3 Å². The summed E-state index contributed by atoms with van der Waals surface area (Å²) in [6, 6.07) is 43.8. The molecule has 0 spiro atoms. The van der Waals surface area contributed by atoms with Crippen LogP contribution in [0.2, 0.25) is 0 Å². The van der Waals surface area contributed by atoms with E-state index < -0.39 is 0 Å². The van der Waals surface area contributed by atoms with E-state index in [1.54, 1.807) is 11.3 Å². The summed E-state index contributed by atoms with van der Waals surface area (Å²) in [4.78, 5) is 15.0. The van der Waals surface area contributed by atoms with Crippen LogP contribution in [0.5, 0.6) is 23.0 Å². The zero-order chi connectivity index (χ0) is 32.0. The molecule has 0 fully saturated rings. The molecule has 0 unspecified atom stereocenters. The lowest BCUT2D eigenvalue weighted by atomic mass is 9.82. The highest BCUT2D eigenvalue weighted by Crippen LogP contribution is 2.55. The Hall–Kier alpha value is -5.85. The first-order chi connectivity index (χ1) is 23.5. The molecule has 1 aliphatic heterocycles. The number of fused-ring (bicyclic) bond motifs is 8. The van der Waals surface area contributed by atoms with Crippen LogP contribution in [0.1, 0.15) is 25.0 Å². The third kappa shape index (κ3) is 4.12. The Kier molecular flexibility index (Phi) is 5.72. The van der Waals surface area contributed by atoms with Crippen molar-refractivity contribution in [3.05, 3.63) is 139 Å². The minimum atomic E-state index is -0.122. The molecule has 10 rings (SSSR count). The van der Waals surface area contributed by atoms with Crippen molar-refractivity contribution in [1.82, 2.24) is 15.0 Å². The predicted octanol–water partition coefficient (Wildman–Crippen LogP) is 11.4. The minimum Gasteiger partial charge on any atom is -0.450 e. The van der Waals surface area contributed by atoms with Gasteiger partial charge in [-0.05, 0) is 64.7 Å². The molecule has 8 aromatic rings. The Morgan fingerprint density at radius 1 is 0.458 bits per heavy atom. The molecule has 0 saturated heterocycles. The first-order valence-electron chi connectivity index (χ1n) is 16.0. The molecule has 1 aliphatic carbocycles. The van der Waals surface area contributed by atoms with Crippen LogP contribution >= 0.6 is 11.3 Å². The topological polar surface area (TPSA) is 57.1 Å². The zero-order valence-electron chi connectivity index (χ0n) is 26.2. The molecule has 2 aliphatic rings. The van der Waals surface area contributed by atoms with Crippen molar-refractivity contribution < 1.29 is 9.47 Å². The van der Waals surface area contributed by atoms with Crippen molar-refractivity contribution in [2.24, 2.45) is 0 Å². The molecule has 0 radical (unpaired) electrons. The van der Waals surface area contributed by atoms with Gasteiger partial charge >= 0.3 is 0 Å². The van der Waals surface area contributed by atoms with Crippen LogP contribution in [0.4, 0.5) is 0 Å². The first kappa shape index (κ1) is 27.3. The normalized spacial score (nSPS) is 13.7. The van der Waals surface area contributed by atoms with Crippen LogP contribution in [0.15, 0.2) is 127 Å². The number of nitrogens with zero attached hydrogens (tertiary/aromatic N) is 3. The fraction of sp³-hybridized carbons (Fsp3) is 0.0714. The van der Waals surface area contributed by atoms with E-state index in [1.807, 2.05) is 48.5 Å². The average Bonchev–Trinajstić information content (AvgIpc) is 3.61. The molecule has 0 N–H and O–H groups in total. The molecular formula is C42H27N3O2S. The summed E-state index contributed by atoms with van der Waals surface area (Å²) in [5, 5.41) is 2.50. The largest absolute Gasteiger partial charge is 0.450 e. The van der Waals surface area contributed by atoms with Gasteiger partial charge in [0.05, 0.1) is 0 Å². The van der Waals surface area contributed by atoms with E-state index in [2.05, 4.69) is 92.7 Å². The molecular weight excluding hydrogens is 611 g/mol. The summed E-state index contributed by atoms with van der Waals surface area (Å²) in [6.07, 6.45) is 0. The van der Waals surface area contributed by atoms with Gasteiger partial charge in [-0.25, -0.2) is 15.0 Å². The van der Waals surface area contributed by atoms with Crippen molar-refractivity contribution in [2.45, 2.75) is 19.3 Å². The molecule has 0 saturated carbocycles. The Bertz CT molecular complexity index is 2610. The van der Waals surface area contributed by atoms with Gasteiger partial charge in [0.1, 0.15) is 0 Å². The predicted molar refractivity (Wildman–Crippen MR) is 193 cm³/mol. The van der Waals surface area contributed by atoms with Crippen molar-refractivity contribution >= 4 is 31.5 Å². The molecule has 6 aromatic carbocycles. The maximum atomic E-state index is 6.56. The Labute approximate surface area is 281 Å². The number of ether oxygens (including phenoxy) is 2. The Morgan fingerprint density at radius 2 is 1.08 bits per heavy atom. The van der Waals surface area contributed by atoms with Gasteiger partial charge in [-0.1, -0.05) is 98.8 Å². The lowest BCUT2D eigenvalue weighted by molar-refractivity contribution is 0.359. The number of hydrogen-bond acceptors (Lipinski definition) is 6. The number of rotatable bonds is 3. The van der Waals surface area contributed by atoms with E-state index in [0.717, 1.165) is 22.4 Å². The first-order valence-corrected chi connectivity index (χ1v) is 16.8. The van der Waals surface area contributed by atoms with Crippen LogP contribution in [0.25, 0.3) is 65.5 Å². The number of hydrogen-bond donors (Lipinski definition) is 0. The summed E-state index contributed by atoms with van der Waals surface area (Å²) in [5.74, 6) is 4.51. The highest BCUT2D eigenvalue weighted by Gasteiger charge is 2.37. The fourth-order valence-electron chi connectivity index (χ4n) is 7.13. The van der Waals surface area contributed by atoms with Crippen molar-refractivity contribution in [3.63, 3.8) is 0 Å². The van der Waals surface area contributed by atoms with Gasteiger partial charge in [0.25, 0.3) is 0 Å². The molecule has 228 valence electrons. The van der Waals surface area contributed by atoms with Crippen molar-refractivity contribution in [2.75, 3.05) is 0 Å². The standard InChI is InChI=1S/C42H27N3O2S/c1-42(2)31-14-8-6-12-27(31)30-22-35-36(23-32(30)42)46-33-19-17-25(20-34(33)47-35)40-43-39(24-10-4-3-5-11-24)44-41(45-40)26-16-18-29-28-13-7-9-15-37(28)48-38(29)21-26/h3-23H,1-2H3. The molecule has 0 amide bonds. The summed E-state index contributed by atoms with van der Waals surface area (Å²) in [6.45, 7) is 4.53. The quantitative estimate of drug-likeness (QED) is 0.193. The molecule has 3 heterocycles. The second-order valence-electron chi connectivity index (χ2n) is 12.9. The van der Waals surface area contributed by atoms with Crippen molar-refractivity contribution in [1.29, 1.82) is 0 Å². The van der Waals surface area contributed by atoms with Gasteiger partial charge in [0, 0.05) is 42.3 Å². The van der Waals surface area contributed by atoms with E-state index in [1.165, 1.54) is 42.4 Å². The minimum absolute atomic E-state index is 0.122. The third-order valence-corrected chi connectivity index (χ3v) is 10.7. The van der Waals surface area contributed by atoms with Gasteiger partial charge in [-0.3, -0.25) is 0 Å².